The van der Waals surface area contributed by atoms with Crippen LogP contribution in [0.3, 0.4) is 0 Å². The molecule has 2 aliphatic rings. The third-order valence-corrected chi connectivity index (χ3v) is 3.89. The molecule has 0 aliphatic heterocycles. The molecule has 0 saturated heterocycles. The quantitative estimate of drug-likeness (QED) is 0.914. The highest BCUT2D eigenvalue weighted by Gasteiger charge is 2.18. The zero-order valence-corrected chi connectivity index (χ0v) is 12.1. The molecule has 0 fully saturated rings. The van der Waals surface area contributed by atoms with E-state index in [9.17, 15) is 4.79 Å². The number of nitrogens with zero attached hydrogens (tertiary/aromatic N) is 2. The summed E-state index contributed by atoms with van der Waals surface area (Å²) in [5.41, 5.74) is 9.22. The Bertz CT molecular complexity index is 653. The number of carbonyl (C=O) groups is 1. The summed E-state index contributed by atoms with van der Waals surface area (Å²) in [5.74, 6) is -0.395. The van der Waals surface area contributed by atoms with Crippen molar-refractivity contribution in [3.05, 3.63) is 46.8 Å². The third-order valence-electron chi connectivity index (χ3n) is 3.89. The summed E-state index contributed by atoms with van der Waals surface area (Å²) in [5, 5.41) is 4.55. The summed E-state index contributed by atoms with van der Waals surface area (Å²) in [6, 6.07) is 0. The van der Waals surface area contributed by atoms with Gasteiger partial charge in [-0.25, -0.2) is 0 Å². The molecule has 1 unspecified atom stereocenters. The molecule has 0 aromatic carbocycles. The van der Waals surface area contributed by atoms with Crippen LogP contribution >= 0.6 is 0 Å². The second-order valence-electron chi connectivity index (χ2n) is 5.34. The second kappa shape index (κ2) is 5.69. The number of amides is 1. The number of fused-ring (bicyclic) bond motifs is 1. The molecule has 3 rings (SSSR count). The Morgan fingerprint density at radius 2 is 2.38 bits per heavy atom. The van der Waals surface area contributed by atoms with Gasteiger partial charge in [0.05, 0.1) is 18.4 Å². The van der Waals surface area contributed by atoms with Crippen LogP contribution in [0.25, 0.3) is 6.08 Å². The molecule has 2 aliphatic carbocycles. The van der Waals surface area contributed by atoms with Gasteiger partial charge in [-0.05, 0) is 19.3 Å². The number of carbonyl (C=O) groups excluding carboxylic acids is 1. The maximum Gasteiger partial charge on any atom is 0.248 e. The highest BCUT2D eigenvalue weighted by Crippen LogP contribution is 2.23. The molecular weight excluding hydrogens is 266 g/mol. The highest BCUT2D eigenvalue weighted by atomic mass is 16.5. The second-order valence-corrected chi connectivity index (χ2v) is 5.34. The van der Waals surface area contributed by atoms with Crippen molar-refractivity contribution in [3.8, 4) is 0 Å². The van der Waals surface area contributed by atoms with Gasteiger partial charge in [0, 0.05) is 23.9 Å². The van der Waals surface area contributed by atoms with Crippen LogP contribution in [-0.4, -0.2) is 21.8 Å². The molecule has 1 aromatic rings. The molecule has 1 amide bonds. The molecule has 0 spiro atoms. The summed E-state index contributed by atoms with van der Waals surface area (Å²) >= 11 is 0. The SMILES string of the molecule is Cn1nc(COC2C=CC(C(N)=O)=CC2)c2c1CCC=C2. The van der Waals surface area contributed by atoms with Gasteiger partial charge < -0.3 is 10.5 Å². The molecule has 0 bridgehead atoms. The maximum absolute atomic E-state index is 11.0. The number of ether oxygens (including phenoxy) is 1. The van der Waals surface area contributed by atoms with Crippen LogP contribution in [0.1, 0.15) is 29.8 Å². The molecule has 21 heavy (non-hydrogen) atoms. The lowest BCUT2D eigenvalue weighted by atomic mass is 10.0. The lowest BCUT2D eigenvalue weighted by molar-refractivity contribution is -0.114. The Labute approximate surface area is 123 Å². The first-order chi connectivity index (χ1) is 10.1. The average molecular weight is 285 g/mol. The molecule has 0 radical (unpaired) electrons. The van der Waals surface area contributed by atoms with E-state index in [2.05, 4.69) is 17.3 Å². The predicted octanol–water partition coefficient (Wildman–Crippen LogP) is 1.64. The van der Waals surface area contributed by atoms with E-state index in [-0.39, 0.29) is 6.10 Å². The normalized spacial score (nSPS) is 20.2. The minimum atomic E-state index is -0.395. The smallest absolute Gasteiger partial charge is 0.248 e. The summed E-state index contributed by atoms with van der Waals surface area (Å²) in [6.07, 6.45) is 12.5. The zero-order valence-electron chi connectivity index (χ0n) is 12.1. The van der Waals surface area contributed by atoms with Crippen molar-refractivity contribution in [1.82, 2.24) is 9.78 Å². The van der Waals surface area contributed by atoms with E-state index in [0.717, 1.165) is 18.5 Å². The standard InChI is InChI=1S/C16H19N3O2/c1-19-15-5-3-2-4-13(15)14(18-19)10-21-12-8-6-11(7-9-12)16(17)20/h2,4,6-8,12H,3,5,9-10H2,1H3,(H2,17,20). The molecule has 2 N–H and O–H groups in total. The van der Waals surface area contributed by atoms with Gasteiger partial charge in [0.25, 0.3) is 0 Å². The number of aryl methyl sites for hydroxylation is 1. The summed E-state index contributed by atoms with van der Waals surface area (Å²) in [4.78, 5) is 11.0. The van der Waals surface area contributed by atoms with Gasteiger partial charge in [-0.2, -0.15) is 5.10 Å². The number of rotatable bonds is 4. The first-order valence-corrected chi connectivity index (χ1v) is 7.16. The lowest BCUT2D eigenvalue weighted by Gasteiger charge is -2.16. The molecule has 1 atom stereocenters. The van der Waals surface area contributed by atoms with Crippen molar-refractivity contribution in [2.75, 3.05) is 0 Å². The Balaban J connectivity index is 1.64. The van der Waals surface area contributed by atoms with Gasteiger partial charge in [-0.15, -0.1) is 0 Å². The molecule has 5 nitrogen and oxygen atoms in total. The van der Waals surface area contributed by atoms with Gasteiger partial charge in [-0.1, -0.05) is 30.4 Å². The molecular formula is C16H19N3O2. The molecule has 1 aromatic heterocycles. The van der Waals surface area contributed by atoms with Crippen LogP contribution < -0.4 is 5.73 Å². The van der Waals surface area contributed by atoms with Crippen LogP contribution in [0.4, 0.5) is 0 Å². The van der Waals surface area contributed by atoms with Crippen molar-refractivity contribution in [1.29, 1.82) is 0 Å². The number of allylic oxidation sites excluding steroid dienone is 1. The fourth-order valence-electron chi connectivity index (χ4n) is 2.75. The summed E-state index contributed by atoms with van der Waals surface area (Å²) < 4.78 is 7.83. The van der Waals surface area contributed by atoms with Gasteiger partial charge in [-0.3, -0.25) is 9.48 Å². The molecule has 5 heteroatoms. The van der Waals surface area contributed by atoms with Gasteiger partial charge in [0.1, 0.15) is 0 Å². The fraction of sp³-hybridized carbons (Fsp3) is 0.375. The fourth-order valence-corrected chi connectivity index (χ4v) is 2.75. The number of hydrogen-bond donors (Lipinski definition) is 1. The monoisotopic (exact) mass is 285 g/mol. The van der Waals surface area contributed by atoms with E-state index >= 15 is 0 Å². The number of hydrogen-bond acceptors (Lipinski definition) is 3. The zero-order chi connectivity index (χ0) is 14.8. The Hall–Kier alpha value is -2.14. The third kappa shape index (κ3) is 2.83. The lowest BCUT2D eigenvalue weighted by Crippen LogP contribution is -2.18. The summed E-state index contributed by atoms with van der Waals surface area (Å²) in [7, 11) is 1.98. The topological polar surface area (TPSA) is 70.1 Å². The molecule has 1 heterocycles. The van der Waals surface area contributed by atoms with Crippen LogP contribution in [-0.2, 0) is 29.6 Å². The molecule has 110 valence electrons. The van der Waals surface area contributed by atoms with E-state index < -0.39 is 5.91 Å². The largest absolute Gasteiger partial charge is 0.367 e. The van der Waals surface area contributed by atoms with E-state index in [1.165, 1.54) is 11.3 Å². The molecule has 0 saturated carbocycles. The van der Waals surface area contributed by atoms with Crippen molar-refractivity contribution >= 4 is 12.0 Å². The van der Waals surface area contributed by atoms with Gasteiger partial charge in [0.2, 0.25) is 5.91 Å². The number of aromatic nitrogens is 2. The average Bonchev–Trinajstić information content (AvgIpc) is 2.83. The first-order valence-electron chi connectivity index (χ1n) is 7.16. The van der Waals surface area contributed by atoms with Crippen LogP contribution in [0.5, 0.6) is 0 Å². The van der Waals surface area contributed by atoms with Crippen molar-refractivity contribution in [3.63, 3.8) is 0 Å². The van der Waals surface area contributed by atoms with E-state index in [1.807, 2.05) is 23.9 Å². The number of primary amides is 1. The number of nitrogens with two attached hydrogens (primary N) is 1. The van der Waals surface area contributed by atoms with E-state index in [4.69, 9.17) is 10.5 Å². The van der Waals surface area contributed by atoms with Crippen molar-refractivity contribution in [2.24, 2.45) is 12.8 Å². The summed E-state index contributed by atoms with van der Waals surface area (Å²) in [6.45, 7) is 0.474. The Morgan fingerprint density at radius 3 is 3.10 bits per heavy atom. The minimum absolute atomic E-state index is 0.0293. The Morgan fingerprint density at radius 1 is 1.52 bits per heavy atom. The van der Waals surface area contributed by atoms with E-state index in [1.54, 1.807) is 6.08 Å². The van der Waals surface area contributed by atoms with Crippen LogP contribution in [0.15, 0.2) is 29.9 Å². The van der Waals surface area contributed by atoms with Crippen LogP contribution in [0, 0.1) is 0 Å². The van der Waals surface area contributed by atoms with Crippen LogP contribution in [0.2, 0.25) is 0 Å². The maximum atomic E-state index is 11.0. The van der Waals surface area contributed by atoms with Crippen molar-refractivity contribution < 1.29 is 9.53 Å². The van der Waals surface area contributed by atoms with E-state index in [0.29, 0.717) is 18.6 Å². The predicted molar refractivity (Wildman–Crippen MR) is 80.2 cm³/mol. The minimum Gasteiger partial charge on any atom is -0.367 e. The van der Waals surface area contributed by atoms with Gasteiger partial charge in [0.15, 0.2) is 0 Å². The Kier molecular flexibility index (Phi) is 3.75. The first kappa shape index (κ1) is 13.8. The van der Waals surface area contributed by atoms with Crippen molar-refractivity contribution in [2.45, 2.75) is 32.0 Å². The van der Waals surface area contributed by atoms with Gasteiger partial charge >= 0.3 is 0 Å². The highest BCUT2D eigenvalue weighted by molar-refractivity contribution is 5.95.